The predicted molar refractivity (Wildman–Crippen MR) is 79.0 cm³/mol. The van der Waals surface area contributed by atoms with Crippen LogP contribution in [-0.4, -0.2) is 17.1 Å². The zero-order valence-corrected chi connectivity index (χ0v) is 11.4. The van der Waals surface area contributed by atoms with Crippen molar-refractivity contribution in [1.29, 1.82) is 0 Å². The first kappa shape index (κ1) is 12.0. The summed E-state index contributed by atoms with van der Waals surface area (Å²) in [7, 11) is 0. The molecule has 0 atom stereocenters. The van der Waals surface area contributed by atoms with Crippen LogP contribution in [0.5, 0.6) is 0 Å². The molecule has 0 spiro atoms. The number of hydrogen-bond acceptors (Lipinski definition) is 5. The number of carbonyl (C=O) groups is 1. The van der Waals surface area contributed by atoms with E-state index in [1.54, 1.807) is 47.2 Å². The molecule has 19 heavy (non-hydrogen) atoms. The van der Waals surface area contributed by atoms with E-state index >= 15 is 0 Å². The third-order valence-electron chi connectivity index (χ3n) is 2.44. The molecule has 0 bridgehead atoms. The number of pyridine rings is 1. The minimum atomic E-state index is -0.261. The molecule has 3 heterocycles. The van der Waals surface area contributed by atoms with Gasteiger partial charge in [-0.2, -0.15) is 5.10 Å². The lowest BCUT2D eigenvalue weighted by molar-refractivity contribution is 0.0955. The first-order valence-electron chi connectivity index (χ1n) is 5.53. The fourth-order valence-electron chi connectivity index (χ4n) is 1.56. The normalized spacial score (nSPS) is 11.2. The van der Waals surface area contributed by atoms with Crippen LogP contribution in [-0.2, 0) is 0 Å². The van der Waals surface area contributed by atoms with Crippen molar-refractivity contribution in [3.05, 3.63) is 52.5 Å². The molecule has 1 N–H and O–H groups in total. The second-order valence-electron chi connectivity index (χ2n) is 3.74. The summed E-state index contributed by atoms with van der Waals surface area (Å²) in [6.45, 7) is 0. The van der Waals surface area contributed by atoms with Gasteiger partial charge >= 0.3 is 0 Å². The van der Waals surface area contributed by atoms with Crippen LogP contribution in [0.3, 0.4) is 0 Å². The van der Waals surface area contributed by atoms with E-state index in [2.05, 4.69) is 33.0 Å². The van der Waals surface area contributed by atoms with Gasteiger partial charge in [0, 0.05) is 26.7 Å². The second-order valence-corrected chi connectivity index (χ2v) is 5.80. The van der Waals surface area contributed by atoms with Gasteiger partial charge < -0.3 is 0 Å². The van der Waals surface area contributed by atoms with Crippen LogP contribution in [0.25, 0.3) is 9.40 Å². The van der Waals surface area contributed by atoms with Crippen molar-refractivity contribution >= 4 is 44.2 Å². The molecule has 4 nitrogen and oxygen atoms in total. The van der Waals surface area contributed by atoms with Crippen LogP contribution < -0.4 is 5.43 Å². The van der Waals surface area contributed by atoms with E-state index in [4.69, 9.17) is 0 Å². The second kappa shape index (κ2) is 5.29. The number of amides is 1. The van der Waals surface area contributed by atoms with Crippen molar-refractivity contribution in [1.82, 2.24) is 10.4 Å². The van der Waals surface area contributed by atoms with Gasteiger partial charge in [-0.15, -0.1) is 22.7 Å². The average Bonchev–Trinajstić information content (AvgIpc) is 3.00. The number of carbonyl (C=O) groups excluding carboxylic acids is 1. The quantitative estimate of drug-likeness (QED) is 0.594. The van der Waals surface area contributed by atoms with Crippen molar-refractivity contribution in [3.8, 4) is 0 Å². The molecule has 94 valence electrons. The summed E-state index contributed by atoms with van der Waals surface area (Å²) >= 11 is 3.35. The number of fused-ring (bicyclic) bond motifs is 1. The van der Waals surface area contributed by atoms with Crippen LogP contribution in [0.15, 0.2) is 47.1 Å². The Morgan fingerprint density at radius 1 is 1.37 bits per heavy atom. The molecule has 0 aromatic carbocycles. The van der Waals surface area contributed by atoms with E-state index < -0.39 is 0 Å². The summed E-state index contributed by atoms with van der Waals surface area (Å²) in [6, 6.07) is 7.55. The minimum absolute atomic E-state index is 0.261. The smallest absolute Gasteiger partial charge is 0.267 e. The van der Waals surface area contributed by atoms with Gasteiger partial charge in [0.15, 0.2) is 0 Å². The van der Waals surface area contributed by atoms with Crippen molar-refractivity contribution in [3.63, 3.8) is 0 Å². The maximum atomic E-state index is 11.7. The van der Waals surface area contributed by atoms with Gasteiger partial charge in [0.2, 0.25) is 0 Å². The maximum Gasteiger partial charge on any atom is 0.272 e. The molecular weight excluding hydrogens is 278 g/mol. The van der Waals surface area contributed by atoms with Gasteiger partial charge in [-0.05, 0) is 29.6 Å². The Morgan fingerprint density at radius 2 is 2.32 bits per heavy atom. The van der Waals surface area contributed by atoms with E-state index in [1.807, 2.05) is 0 Å². The largest absolute Gasteiger partial charge is 0.272 e. The maximum absolute atomic E-state index is 11.7. The van der Waals surface area contributed by atoms with Gasteiger partial charge in [-0.1, -0.05) is 0 Å². The molecule has 0 aliphatic carbocycles. The average molecular weight is 287 g/mol. The molecule has 6 heteroatoms. The van der Waals surface area contributed by atoms with Crippen molar-refractivity contribution in [2.24, 2.45) is 5.10 Å². The van der Waals surface area contributed by atoms with Gasteiger partial charge in [0.1, 0.15) is 0 Å². The highest BCUT2D eigenvalue weighted by molar-refractivity contribution is 7.27. The van der Waals surface area contributed by atoms with Crippen molar-refractivity contribution in [2.45, 2.75) is 0 Å². The molecule has 3 aromatic heterocycles. The number of nitrogens with zero attached hydrogens (tertiary/aromatic N) is 2. The third kappa shape index (κ3) is 2.69. The summed E-state index contributed by atoms with van der Waals surface area (Å²) in [6.07, 6.45) is 4.79. The SMILES string of the molecule is O=C(N/N=C\c1cc2sccc2s1)c1cccnc1. The Hall–Kier alpha value is -2.05. The Morgan fingerprint density at radius 3 is 3.11 bits per heavy atom. The molecular formula is C13H9N3OS2. The number of hydrazone groups is 1. The van der Waals surface area contributed by atoms with Crippen LogP contribution in [0.2, 0.25) is 0 Å². The zero-order valence-electron chi connectivity index (χ0n) is 9.74. The summed E-state index contributed by atoms with van der Waals surface area (Å²) < 4.78 is 2.48. The monoisotopic (exact) mass is 287 g/mol. The Kier molecular flexibility index (Phi) is 3.35. The van der Waals surface area contributed by atoms with Gasteiger partial charge in [-0.3, -0.25) is 9.78 Å². The van der Waals surface area contributed by atoms with E-state index in [0.29, 0.717) is 5.56 Å². The first-order valence-corrected chi connectivity index (χ1v) is 7.23. The lowest BCUT2D eigenvalue weighted by Crippen LogP contribution is -2.17. The van der Waals surface area contributed by atoms with Crippen LogP contribution in [0, 0.1) is 0 Å². The molecule has 3 aromatic rings. The van der Waals surface area contributed by atoms with Crippen molar-refractivity contribution < 1.29 is 4.79 Å². The molecule has 0 saturated carbocycles. The highest BCUT2D eigenvalue weighted by Gasteiger charge is 2.03. The van der Waals surface area contributed by atoms with Gasteiger partial charge in [0.05, 0.1) is 11.8 Å². The van der Waals surface area contributed by atoms with Crippen molar-refractivity contribution in [2.75, 3.05) is 0 Å². The molecule has 0 aliphatic rings. The number of thiophene rings is 2. The molecule has 0 aliphatic heterocycles. The highest BCUT2D eigenvalue weighted by atomic mass is 32.1. The topological polar surface area (TPSA) is 54.4 Å². The lowest BCUT2D eigenvalue weighted by Gasteiger charge is -1.97. The number of aromatic nitrogens is 1. The van der Waals surface area contributed by atoms with E-state index in [0.717, 1.165) is 4.88 Å². The lowest BCUT2D eigenvalue weighted by atomic mass is 10.3. The summed E-state index contributed by atoms with van der Waals surface area (Å²) in [5.74, 6) is -0.261. The van der Waals surface area contributed by atoms with E-state index in [1.165, 1.54) is 15.6 Å². The molecule has 3 rings (SSSR count). The van der Waals surface area contributed by atoms with Gasteiger partial charge in [-0.25, -0.2) is 5.43 Å². The predicted octanol–water partition coefficient (Wildman–Crippen LogP) is 3.12. The standard InChI is InChI=1S/C13H9N3OS2/c17-13(9-2-1-4-14-7-9)16-15-8-10-6-12-11(19-10)3-5-18-12/h1-8H,(H,16,17)/b15-8-. The number of rotatable bonds is 3. The minimum Gasteiger partial charge on any atom is -0.267 e. The molecule has 1 amide bonds. The van der Waals surface area contributed by atoms with Crippen LogP contribution >= 0.6 is 22.7 Å². The number of hydrogen-bond donors (Lipinski definition) is 1. The molecule has 0 unspecified atom stereocenters. The van der Waals surface area contributed by atoms with E-state index in [9.17, 15) is 4.79 Å². The highest BCUT2D eigenvalue weighted by Crippen LogP contribution is 2.28. The Labute approximate surface area is 117 Å². The fraction of sp³-hybridized carbons (Fsp3) is 0. The Bertz CT molecular complexity index is 702. The molecule has 0 radical (unpaired) electrons. The van der Waals surface area contributed by atoms with Crippen LogP contribution in [0.1, 0.15) is 15.2 Å². The fourth-order valence-corrected chi connectivity index (χ4v) is 3.56. The molecule has 0 saturated heterocycles. The summed E-state index contributed by atoms with van der Waals surface area (Å²) in [5.41, 5.74) is 2.98. The van der Waals surface area contributed by atoms with E-state index in [-0.39, 0.29) is 5.91 Å². The Balaban J connectivity index is 1.67. The zero-order chi connectivity index (χ0) is 13.1. The van der Waals surface area contributed by atoms with Crippen LogP contribution in [0.4, 0.5) is 0 Å². The number of nitrogens with one attached hydrogen (secondary N) is 1. The first-order chi connectivity index (χ1) is 9.33. The van der Waals surface area contributed by atoms with Gasteiger partial charge in [0.25, 0.3) is 5.91 Å². The third-order valence-corrected chi connectivity index (χ3v) is 4.47. The summed E-state index contributed by atoms with van der Waals surface area (Å²) in [4.78, 5) is 16.6. The summed E-state index contributed by atoms with van der Waals surface area (Å²) in [5, 5.41) is 6.02. The molecule has 0 fully saturated rings.